The molecule has 1 fully saturated rings. The molecule has 0 amide bonds. The van der Waals surface area contributed by atoms with Gasteiger partial charge in [-0.15, -0.1) is 0 Å². The Kier molecular flexibility index (Phi) is 6.47. The zero-order chi connectivity index (χ0) is 20.3. The minimum absolute atomic E-state index is 0.146. The van der Waals surface area contributed by atoms with Crippen LogP contribution in [-0.2, 0) is 4.79 Å². The average molecular weight is 413 g/mol. The third kappa shape index (κ3) is 4.96. The van der Waals surface area contributed by atoms with Crippen molar-refractivity contribution in [2.45, 2.75) is 40.0 Å². The molecule has 0 saturated heterocycles. The van der Waals surface area contributed by atoms with Crippen LogP contribution in [0.2, 0.25) is 10.0 Å². The van der Waals surface area contributed by atoms with Gasteiger partial charge in [-0.2, -0.15) is 0 Å². The highest BCUT2D eigenvalue weighted by atomic mass is 35.5. The molecule has 2 aromatic rings. The molecule has 28 heavy (non-hydrogen) atoms. The fourth-order valence-corrected chi connectivity index (χ4v) is 3.86. The van der Waals surface area contributed by atoms with Crippen molar-refractivity contribution in [3.8, 4) is 0 Å². The van der Waals surface area contributed by atoms with Crippen LogP contribution in [-0.4, -0.2) is 5.78 Å². The topological polar surface area (TPSA) is 17.1 Å². The van der Waals surface area contributed by atoms with Crippen molar-refractivity contribution in [1.29, 1.82) is 0 Å². The third-order valence-corrected chi connectivity index (χ3v) is 6.46. The first kappa shape index (κ1) is 20.9. The number of hydrogen-bond acceptors (Lipinski definition) is 1. The van der Waals surface area contributed by atoms with Gasteiger partial charge in [-0.3, -0.25) is 4.79 Å². The number of Topliss-reactive ketones (excluding diaryl/α,β-unsaturated/α-hetero) is 1. The third-order valence-electron chi connectivity index (χ3n) is 5.95. The molecule has 0 N–H and O–H groups in total. The van der Waals surface area contributed by atoms with Gasteiger partial charge in [0.05, 0.1) is 0 Å². The standard InChI is InChI=1S/C25H26Cl2O/c1-4-25(2,3)21-15-19(13-17-5-9-22(26)10-6-17)24(28)20(16-21)14-18-7-11-23(27)12-8-18/h5-14,21H,4,15-16H2,1-3H3/b19-13-,20-14+. The van der Waals surface area contributed by atoms with Crippen LogP contribution in [0.4, 0.5) is 0 Å². The van der Waals surface area contributed by atoms with Gasteiger partial charge in [0.25, 0.3) is 0 Å². The number of rotatable bonds is 4. The first-order valence-corrected chi connectivity index (χ1v) is 10.5. The van der Waals surface area contributed by atoms with Crippen molar-refractivity contribution >= 4 is 41.1 Å². The van der Waals surface area contributed by atoms with E-state index in [1.807, 2.05) is 60.7 Å². The number of hydrogen-bond donors (Lipinski definition) is 0. The maximum Gasteiger partial charge on any atom is 0.185 e. The maximum atomic E-state index is 13.2. The maximum absolute atomic E-state index is 13.2. The van der Waals surface area contributed by atoms with Crippen LogP contribution < -0.4 is 0 Å². The molecule has 0 heterocycles. The number of ketones is 1. The van der Waals surface area contributed by atoms with Gasteiger partial charge in [0.2, 0.25) is 0 Å². The molecule has 0 aromatic heterocycles. The number of benzene rings is 2. The molecule has 0 aliphatic heterocycles. The largest absolute Gasteiger partial charge is 0.289 e. The summed E-state index contributed by atoms with van der Waals surface area (Å²) >= 11 is 12.0. The Labute approximate surface area is 178 Å². The van der Waals surface area contributed by atoms with E-state index in [1.165, 1.54) is 0 Å². The minimum atomic E-state index is 0.146. The van der Waals surface area contributed by atoms with Gasteiger partial charge in [0.1, 0.15) is 0 Å². The summed E-state index contributed by atoms with van der Waals surface area (Å²) in [6.07, 6.45) is 6.73. The summed E-state index contributed by atoms with van der Waals surface area (Å²) in [6, 6.07) is 15.3. The van der Waals surface area contributed by atoms with Crippen LogP contribution in [0, 0.1) is 11.3 Å². The smallest absolute Gasteiger partial charge is 0.185 e. The van der Waals surface area contributed by atoms with Gasteiger partial charge in [0.15, 0.2) is 5.78 Å². The number of carbonyl (C=O) groups is 1. The van der Waals surface area contributed by atoms with Gasteiger partial charge in [-0.1, -0.05) is 74.7 Å². The van der Waals surface area contributed by atoms with E-state index >= 15 is 0 Å². The highest BCUT2D eigenvalue weighted by Crippen LogP contribution is 2.44. The Morgan fingerprint density at radius 1 is 0.857 bits per heavy atom. The van der Waals surface area contributed by atoms with Crippen molar-refractivity contribution in [3.63, 3.8) is 0 Å². The molecule has 1 unspecified atom stereocenters. The van der Waals surface area contributed by atoms with Crippen LogP contribution in [0.15, 0.2) is 59.7 Å². The average Bonchev–Trinajstić information content (AvgIpc) is 2.68. The monoisotopic (exact) mass is 412 g/mol. The van der Waals surface area contributed by atoms with Crippen LogP contribution in [0.3, 0.4) is 0 Å². The molecule has 1 nitrogen and oxygen atoms in total. The zero-order valence-electron chi connectivity index (χ0n) is 16.6. The minimum Gasteiger partial charge on any atom is -0.289 e. The SMILES string of the molecule is CCC(C)(C)C1C/C(=C/c2ccc(Cl)cc2)C(=O)/C(=C/c2ccc(Cl)cc2)C1. The van der Waals surface area contributed by atoms with E-state index < -0.39 is 0 Å². The van der Waals surface area contributed by atoms with E-state index in [-0.39, 0.29) is 11.2 Å². The van der Waals surface area contributed by atoms with Crippen LogP contribution >= 0.6 is 23.2 Å². The first-order valence-electron chi connectivity index (χ1n) is 9.75. The summed E-state index contributed by atoms with van der Waals surface area (Å²) < 4.78 is 0. The second kappa shape index (κ2) is 8.68. The Morgan fingerprint density at radius 2 is 1.25 bits per heavy atom. The normalized spacial score (nSPS) is 20.8. The van der Waals surface area contributed by atoms with Gasteiger partial charge in [-0.25, -0.2) is 0 Å². The summed E-state index contributed by atoms with van der Waals surface area (Å²) in [4.78, 5) is 13.2. The molecule has 2 aromatic carbocycles. The lowest BCUT2D eigenvalue weighted by Crippen LogP contribution is -2.30. The summed E-state index contributed by atoms with van der Waals surface area (Å²) in [6.45, 7) is 6.82. The highest BCUT2D eigenvalue weighted by Gasteiger charge is 2.36. The van der Waals surface area contributed by atoms with Crippen molar-refractivity contribution < 1.29 is 4.79 Å². The molecule has 1 atom stereocenters. The van der Waals surface area contributed by atoms with Gasteiger partial charge in [0, 0.05) is 21.2 Å². The van der Waals surface area contributed by atoms with Crippen molar-refractivity contribution in [1.82, 2.24) is 0 Å². The van der Waals surface area contributed by atoms with E-state index in [1.54, 1.807) is 0 Å². The molecule has 0 spiro atoms. The molecule has 0 bridgehead atoms. The van der Waals surface area contributed by atoms with E-state index in [4.69, 9.17) is 23.2 Å². The van der Waals surface area contributed by atoms with Crippen LogP contribution in [0.5, 0.6) is 0 Å². The zero-order valence-corrected chi connectivity index (χ0v) is 18.1. The Morgan fingerprint density at radius 3 is 1.61 bits per heavy atom. The predicted octanol–water partition coefficient (Wildman–Crippen LogP) is 7.88. The van der Waals surface area contributed by atoms with Gasteiger partial charge >= 0.3 is 0 Å². The van der Waals surface area contributed by atoms with Crippen LogP contribution in [0.1, 0.15) is 51.2 Å². The lowest BCUT2D eigenvalue weighted by atomic mass is 9.66. The first-order chi connectivity index (χ1) is 13.3. The van der Waals surface area contributed by atoms with E-state index in [2.05, 4.69) is 20.8 Å². The fraction of sp³-hybridized carbons (Fsp3) is 0.320. The second-order valence-electron chi connectivity index (χ2n) is 8.22. The van der Waals surface area contributed by atoms with E-state index in [9.17, 15) is 4.79 Å². The Hall–Kier alpha value is -1.83. The van der Waals surface area contributed by atoms with Gasteiger partial charge < -0.3 is 0 Å². The summed E-state index contributed by atoms with van der Waals surface area (Å²) in [5.41, 5.74) is 3.93. The number of allylic oxidation sites excluding steroid dienone is 2. The van der Waals surface area contributed by atoms with Crippen molar-refractivity contribution in [2.75, 3.05) is 0 Å². The fourth-order valence-electron chi connectivity index (χ4n) is 3.61. The predicted molar refractivity (Wildman–Crippen MR) is 121 cm³/mol. The summed E-state index contributed by atoms with van der Waals surface area (Å²) in [5, 5.41) is 1.40. The second-order valence-corrected chi connectivity index (χ2v) is 9.09. The molecular weight excluding hydrogens is 387 g/mol. The van der Waals surface area contributed by atoms with E-state index in [0.717, 1.165) is 41.5 Å². The number of carbonyl (C=O) groups excluding carboxylic acids is 1. The Bertz CT molecular complexity index is 835. The summed E-state index contributed by atoms with van der Waals surface area (Å²) in [7, 11) is 0. The molecule has 0 radical (unpaired) electrons. The molecule has 1 aliphatic carbocycles. The molecule has 3 rings (SSSR count). The number of halogens is 2. The lowest BCUT2D eigenvalue weighted by molar-refractivity contribution is -0.113. The van der Waals surface area contributed by atoms with E-state index in [0.29, 0.717) is 16.0 Å². The molecule has 146 valence electrons. The molecule has 1 saturated carbocycles. The summed E-state index contributed by atoms with van der Waals surface area (Å²) in [5.74, 6) is 0.570. The van der Waals surface area contributed by atoms with Gasteiger partial charge in [-0.05, 0) is 71.7 Å². The molecule has 3 heteroatoms. The Balaban J connectivity index is 2.00. The molecule has 1 aliphatic rings. The van der Waals surface area contributed by atoms with Crippen LogP contribution in [0.25, 0.3) is 12.2 Å². The van der Waals surface area contributed by atoms with Crippen molar-refractivity contribution in [2.24, 2.45) is 11.3 Å². The highest BCUT2D eigenvalue weighted by molar-refractivity contribution is 6.30. The quantitative estimate of drug-likeness (QED) is 0.466. The lowest BCUT2D eigenvalue weighted by Gasteiger charge is -2.37. The molecular formula is C25H26Cl2O. The van der Waals surface area contributed by atoms with Crippen molar-refractivity contribution in [3.05, 3.63) is 80.8 Å².